The number of ether oxygens (including phenoxy) is 1. The van der Waals surface area contributed by atoms with Crippen molar-refractivity contribution in [1.82, 2.24) is 5.32 Å². The Kier molecular flexibility index (Phi) is 7.38. The van der Waals surface area contributed by atoms with Crippen molar-refractivity contribution in [2.75, 3.05) is 18.9 Å². The van der Waals surface area contributed by atoms with Gasteiger partial charge in [-0.2, -0.15) is 24.9 Å². The summed E-state index contributed by atoms with van der Waals surface area (Å²) >= 11 is 1.70. The van der Waals surface area contributed by atoms with Gasteiger partial charge in [-0.1, -0.05) is 35.9 Å². The van der Waals surface area contributed by atoms with E-state index < -0.39 is 11.7 Å². The fraction of sp³-hybridized carbons (Fsp3) is 0.316. The standard InChI is InChI=1S/C19H20F3NO2S/c1-14-4-2-5-15(10-14)13-26-9-8-23-18(24)12-25-17-7-3-6-16(11-17)19(20,21)22/h2-7,10-11H,8-9,12-13H2,1H3,(H,23,24). The average Bonchev–Trinajstić information content (AvgIpc) is 2.59. The Morgan fingerprint density at radius 2 is 1.92 bits per heavy atom. The van der Waals surface area contributed by atoms with Crippen molar-refractivity contribution in [3.05, 3.63) is 65.2 Å². The van der Waals surface area contributed by atoms with Gasteiger partial charge < -0.3 is 10.1 Å². The molecule has 0 aromatic heterocycles. The number of carbonyl (C=O) groups excluding carboxylic acids is 1. The Labute approximate surface area is 154 Å². The van der Waals surface area contributed by atoms with Crippen LogP contribution < -0.4 is 10.1 Å². The van der Waals surface area contributed by atoms with E-state index in [9.17, 15) is 18.0 Å². The van der Waals surface area contributed by atoms with Crippen LogP contribution >= 0.6 is 11.8 Å². The smallest absolute Gasteiger partial charge is 0.416 e. The quantitative estimate of drug-likeness (QED) is 0.685. The number of halogens is 3. The van der Waals surface area contributed by atoms with E-state index in [1.54, 1.807) is 11.8 Å². The van der Waals surface area contributed by atoms with Crippen molar-refractivity contribution >= 4 is 17.7 Å². The van der Waals surface area contributed by atoms with E-state index in [2.05, 4.69) is 17.4 Å². The highest BCUT2D eigenvalue weighted by molar-refractivity contribution is 7.98. The van der Waals surface area contributed by atoms with Crippen molar-refractivity contribution in [3.8, 4) is 5.75 Å². The Morgan fingerprint density at radius 3 is 2.65 bits per heavy atom. The predicted octanol–water partition coefficient (Wildman–Crippen LogP) is 4.44. The second-order valence-electron chi connectivity index (χ2n) is 5.71. The van der Waals surface area contributed by atoms with Crippen LogP contribution in [0.25, 0.3) is 0 Å². The van der Waals surface area contributed by atoms with E-state index in [0.717, 1.165) is 23.6 Å². The van der Waals surface area contributed by atoms with Gasteiger partial charge in [-0.05, 0) is 30.7 Å². The molecule has 0 bridgehead atoms. The van der Waals surface area contributed by atoms with Crippen LogP contribution in [0.2, 0.25) is 0 Å². The molecule has 0 heterocycles. The van der Waals surface area contributed by atoms with Gasteiger partial charge in [0.1, 0.15) is 5.75 Å². The van der Waals surface area contributed by atoms with E-state index in [1.807, 2.05) is 19.1 Å². The molecule has 0 saturated heterocycles. The molecular weight excluding hydrogens is 363 g/mol. The summed E-state index contributed by atoms with van der Waals surface area (Å²) in [6, 6.07) is 12.7. The Balaban J connectivity index is 1.65. The summed E-state index contributed by atoms with van der Waals surface area (Å²) in [5.74, 6) is 1.25. The summed E-state index contributed by atoms with van der Waals surface area (Å²) in [7, 11) is 0. The van der Waals surface area contributed by atoms with Crippen molar-refractivity contribution in [2.45, 2.75) is 18.9 Å². The minimum Gasteiger partial charge on any atom is -0.484 e. The van der Waals surface area contributed by atoms with Crippen LogP contribution in [0.3, 0.4) is 0 Å². The number of amides is 1. The SMILES string of the molecule is Cc1cccc(CSCCNC(=O)COc2cccc(C(F)(F)F)c2)c1. The molecule has 7 heteroatoms. The molecule has 1 N–H and O–H groups in total. The van der Waals surface area contributed by atoms with Crippen LogP contribution in [0.1, 0.15) is 16.7 Å². The fourth-order valence-electron chi connectivity index (χ4n) is 2.22. The lowest BCUT2D eigenvalue weighted by Crippen LogP contribution is -2.30. The number of rotatable bonds is 8. The summed E-state index contributed by atoms with van der Waals surface area (Å²) in [5.41, 5.74) is 1.64. The van der Waals surface area contributed by atoms with Crippen molar-refractivity contribution in [1.29, 1.82) is 0 Å². The number of alkyl halides is 3. The Hall–Kier alpha value is -2.15. The highest BCUT2D eigenvalue weighted by Crippen LogP contribution is 2.31. The molecule has 140 valence electrons. The van der Waals surface area contributed by atoms with Crippen LogP contribution in [0.4, 0.5) is 13.2 Å². The van der Waals surface area contributed by atoms with E-state index >= 15 is 0 Å². The zero-order chi connectivity index (χ0) is 19.0. The van der Waals surface area contributed by atoms with Gasteiger partial charge in [0.2, 0.25) is 0 Å². The van der Waals surface area contributed by atoms with Gasteiger partial charge in [-0.25, -0.2) is 0 Å². The molecule has 0 unspecified atom stereocenters. The normalized spacial score (nSPS) is 11.2. The third-order valence-corrected chi connectivity index (χ3v) is 4.48. The molecule has 2 aromatic rings. The van der Waals surface area contributed by atoms with E-state index in [4.69, 9.17) is 4.74 Å². The van der Waals surface area contributed by atoms with E-state index in [-0.39, 0.29) is 18.3 Å². The van der Waals surface area contributed by atoms with Gasteiger partial charge in [-0.15, -0.1) is 0 Å². The third kappa shape index (κ3) is 7.00. The van der Waals surface area contributed by atoms with E-state index in [1.165, 1.54) is 23.3 Å². The van der Waals surface area contributed by atoms with Gasteiger partial charge in [0, 0.05) is 18.1 Å². The lowest BCUT2D eigenvalue weighted by molar-refractivity contribution is -0.137. The van der Waals surface area contributed by atoms with Gasteiger partial charge >= 0.3 is 6.18 Å². The number of hydrogen-bond donors (Lipinski definition) is 1. The van der Waals surface area contributed by atoms with Crippen LogP contribution in [-0.2, 0) is 16.7 Å². The summed E-state index contributed by atoms with van der Waals surface area (Å²) in [6.45, 7) is 2.20. The number of nitrogens with one attached hydrogen (secondary N) is 1. The molecule has 0 fully saturated rings. The first kappa shape index (κ1) is 20.2. The third-order valence-electron chi connectivity index (χ3n) is 3.45. The molecule has 0 aliphatic heterocycles. The van der Waals surface area contributed by atoms with Crippen molar-refractivity contribution < 1.29 is 22.7 Å². The first-order chi connectivity index (χ1) is 12.3. The maximum atomic E-state index is 12.6. The van der Waals surface area contributed by atoms with Crippen LogP contribution in [0, 0.1) is 6.92 Å². The maximum Gasteiger partial charge on any atom is 0.416 e. The van der Waals surface area contributed by atoms with Crippen molar-refractivity contribution in [2.24, 2.45) is 0 Å². The second-order valence-corrected chi connectivity index (χ2v) is 6.81. The number of hydrogen-bond acceptors (Lipinski definition) is 3. The van der Waals surface area contributed by atoms with Crippen LogP contribution in [0.15, 0.2) is 48.5 Å². The summed E-state index contributed by atoms with van der Waals surface area (Å²) in [5, 5.41) is 2.69. The van der Waals surface area contributed by atoms with Crippen LogP contribution in [0.5, 0.6) is 5.75 Å². The van der Waals surface area contributed by atoms with Gasteiger partial charge in [-0.3, -0.25) is 4.79 Å². The average molecular weight is 383 g/mol. The molecule has 0 aliphatic carbocycles. The molecule has 1 amide bonds. The fourth-order valence-corrected chi connectivity index (χ4v) is 3.02. The predicted molar refractivity (Wildman–Crippen MR) is 97.3 cm³/mol. The number of carbonyl (C=O) groups is 1. The molecule has 2 rings (SSSR count). The summed E-state index contributed by atoms with van der Waals surface area (Å²) in [6.07, 6.45) is -4.43. The lowest BCUT2D eigenvalue weighted by atomic mass is 10.2. The van der Waals surface area contributed by atoms with Gasteiger partial charge in [0.15, 0.2) is 6.61 Å². The monoisotopic (exact) mass is 383 g/mol. The largest absolute Gasteiger partial charge is 0.484 e. The van der Waals surface area contributed by atoms with Crippen LogP contribution in [-0.4, -0.2) is 24.8 Å². The molecule has 0 aliphatic rings. The topological polar surface area (TPSA) is 38.3 Å². The zero-order valence-corrected chi connectivity index (χ0v) is 15.1. The molecule has 2 aromatic carbocycles. The number of aryl methyl sites for hydroxylation is 1. The highest BCUT2D eigenvalue weighted by Gasteiger charge is 2.30. The van der Waals surface area contributed by atoms with Gasteiger partial charge in [0.25, 0.3) is 5.91 Å². The van der Waals surface area contributed by atoms with Gasteiger partial charge in [0.05, 0.1) is 5.56 Å². The molecule has 0 atom stereocenters. The molecule has 0 spiro atoms. The zero-order valence-electron chi connectivity index (χ0n) is 14.3. The minimum absolute atomic E-state index is 0.0174. The first-order valence-corrected chi connectivity index (χ1v) is 9.20. The molecule has 0 radical (unpaired) electrons. The molecule has 26 heavy (non-hydrogen) atoms. The lowest BCUT2D eigenvalue weighted by Gasteiger charge is -2.10. The highest BCUT2D eigenvalue weighted by atomic mass is 32.2. The van der Waals surface area contributed by atoms with Crippen molar-refractivity contribution in [3.63, 3.8) is 0 Å². The summed E-state index contributed by atoms with van der Waals surface area (Å²) < 4.78 is 43.0. The maximum absolute atomic E-state index is 12.6. The Bertz CT molecular complexity index is 735. The Morgan fingerprint density at radius 1 is 1.15 bits per heavy atom. The number of thioether (sulfide) groups is 1. The second kappa shape index (κ2) is 9.52. The number of benzene rings is 2. The molecule has 0 saturated carbocycles. The molecule has 3 nitrogen and oxygen atoms in total. The van der Waals surface area contributed by atoms with E-state index in [0.29, 0.717) is 6.54 Å². The minimum atomic E-state index is -4.43. The first-order valence-electron chi connectivity index (χ1n) is 8.04. The molecular formula is C19H20F3NO2S. The summed E-state index contributed by atoms with van der Waals surface area (Å²) in [4.78, 5) is 11.7.